The van der Waals surface area contributed by atoms with E-state index in [1.165, 1.54) is 10.4 Å². The summed E-state index contributed by atoms with van der Waals surface area (Å²) in [5.41, 5.74) is 8.35. The van der Waals surface area contributed by atoms with Gasteiger partial charge in [0, 0.05) is 21.6 Å². The monoisotopic (exact) mass is 350 g/mol. The van der Waals surface area contributed by atoms with Gasteiger partial charge in [-0.15, -0.1) is 11.3 Å². The van der Waals surface area contributed by atoms with E-state index < -0.39 is 0 Å². The molecular formula is C15H15BrN2OS. The number of amides is 1. The van der Waals surface area contributed by atoms with E-state index in [1.807, 2.05) is 11.0 Å². The summed E-state index contributed by atoms with van der Waals surface area (Å²) in [5.74, 6) is 0.0133. The summed E-state index contributed by atoms with van der Waals surface area (Å²) in [4.78, 5) is 16.0. The first-order valence-corrected chi connectivity index (χ1v) is 8.17. The fraction of sp³-hybridized carbons (Fsp3) is 0.267. The molecule has 0 bridgehead atoms. The number of rotatable bonds is 1. The van der Waals surface area contributed by atoms with Crippen molar-refractivity contribution in [3.63, 3.8) is 0 Å². The van der Waals surface area contributed by atoms with Crippen LogP contribution in [-0.2, 0) is 6.42 Å². The molecule has 0 saturated heterocycles. The van der Waals surface area contributed by atoms with Gasteiger partial charge < -0.3 is 10.6 Å². The Labute approximate surface area is 130 Å². The Morgan fingerprint density at radius 3 is 3.00 bits per heavy atom. The molecule has 0 aliphatic carbocycles. The number of carbonyl (C=O) groups excluding carboxylic acids is 1. The molecular weight excluding hydrogens is 336 g/mol. The Morgan fingerprint density at radius 1 is 1.45 bits per heavy atom. The van der Waals surface area contributed by atoms with Crippen molar-refractivity contribution >= 4 is 38.9 Å². The van der Waals surface area contributed by atoms with Gasteiger partial charge in [0.1, 0.15) is 0 Å². The van der Waals surface area contributed by atoms with Gasteiger partial charge in [-0.3, -0.25) is 4.79 Å². The zero-order chi connectivity index (χ0) is 14.3. The summed E-state index contributed by atoms with van der Waals surface area (Å²) in [5, 5.41) is 2.10. The third-order valence-corrected chi connectivity index (χ3v) is 5.27. The zero-order valence-electron chi connectivity index (χ0n) is 11.1. The van der Waals surface area contributed by atoms with E-state index in [-0.39, 0.29) is 11.9 Å². The highest BCUT2D eigenvalue weighted by atomic mass is 79.9. The number of nitrogen functional groups attached to an aromatic ring is 1. The first-order chi connectivity index (χ1) is 9.58. The lowest BCUT2D eigenvalue weighted by molar-refractivity contribution is 0.0680. The van der Waals surface area contributed by atoms with Gasteiger partial charge in [-0.25, -0.2) is 0 Å². The van der Waals surface area contributed by atoms with Crippen molar-refractivity contribution in [2.45, 2.75) is 19.4 Å². The lowest BCUT2D eigenvalue weighted by atomic mass is 10.00. The molecule has 0 fully saturated rings. The Kier molecular flexibility index (Phi) is 3.56. The maximum absolute atomic E-state index is 12.7. The molecule has 0 saturated carbocycles. The van der Waals surface area contributed by atoms with Crippen LogP contribution in [0.4, 0.5) is 5.69 Å². The lowest BCUT2D eigenvalue weighted by Gasteiger charge is -2.34. The highest BCUT2D eigenvalue weighted by Gasteiger charge is 2.29. The number of nitrogens with two attached hydrogens (primary N) is 1. The van der Waals surface area contributed by atoms with Crippen LogP contribution in [0.3, 0.4) is 0 Å². The maximum Gasteiger partial charge on any atom is 0.256 e. The fourth-order valence-corrected chi connectivity index (χ4v) is 4.01. The number of fused-ring (bicyclic) bond motifs is 1. The van der Waals surface area contributed by atoms with Crippen LogP contribution in [0, 0.1) is 0 Å². The molecule has 3 rings (SSSR count). The number of benzene rings is 1. The maximum atomic E-state index is 12.7. The third-order valence-electron chi connectivity index (χ3n) is 3.78. The standard InChI is InChI=1S/C15H15BrN2OS/c1-9-11-5-7-20-14(11)4-6-18(9)15(19)12-3-2-10(16)8-13(12)17/h2-3,5,7-9H,4,6,17H2,1H3. The van der Waals surface area contributed by atoms with Crippen LogP contribution in [0.1, 0.15) is 33.8 Å². The van der Waals surface area contributed by atoms with Crippen LogP contribution >= 0.6 is 27.3 Å². The van der Waals surface area contributed by atoms with Crippen molar-refractivity contribution in [2.24, 2.45) is 0 Å². The van der Waals surface area contributed by atoms with E-state index >= 15 is 0 Å². The minimum atomic E-state index is 0.0133. The Balaban J connectivity index is 1.92. The Morgan fingerprint density at radius 2 is 2.25 bits per heavy atom. The molecule has 1 unspecified atom stereocenters. The molecule has 5 heteroatoms. The van der Waals surface area contributed by atoms with Crippen molar-refractivity contribution in [1.29, 1.82) is 0 Å². The summed E-state index contributed by atoms with van der Waals surface area (Å²) >= 11 is 5.14. The van der Waals surface area contributed by atoms with Crippen molar-refractivity contribution in [3.05, 3.63) is 50.1 Å². The van der Waals surface area contributed by atoms with Crippen LogP contribution in [0.25, 0.3) is 0 Å². The predicted molar refractivity (Wildman–Crippen MR) is 86.0 cm³/mol. The van der Waals surface area contributed by atoms with E-state index in [2.05, 4.69) is 34.3 Å². The lowest BCUT2D eigenvalue weighted by Crippen LogP contribution is -2.38. The van der Waals surface area contributed by atoms with Crippen LogP contribution < -0.4 is 5.73 Å². The van der Waals surface area contributed by atoms with E-state index in [0.29, 0.717) is 11.3 Å². The smallest absolute Gasteiger partial charge is 0.256 e. The van der Waals surface area contributed by atoms with E-state index in [9.17, 15) is 4.79 Å². The summed E-state index contributed by atoms with van der Waals surface area (Å²) in [7, 11) is 0. The van der Waals surface area contributed by atoms with Gasteiger partial charge in [-0.1, -0.05) is 15.9 Å². The molecule has 1 atom stereocenters. The highest BCUT2D eigenvalue weighted by Crippen LogP contribution is 2.34. The molecule has 2 aromatic rings. The summed E-state index contributed by atoms with van der Waals surface area (Å²) in [6.45, 7) is 2.83. The Hall–Kier alpha value is -1.33. The van der Waals surface area contributed by atoms with Gasteiger partial charge in [0.05, 0.1) is 11.6 Å². The van der Waals surface area contributed by atoms with Crippen LogP contribution in [0.15, 0.2) is 34.1 Å². The number of carbonyl (C=O) groups is 1. The second-order valence-electron chi connectivity index (χ2n) is 4.96. The van der Waals surface area contributed by atoms with E-state index in [4.69, 9.17) is 5.73 Å². The topological polar surface area (TPSA) is 46.3 Å². The molecule has 0 spiro atoms. The molecule has 1 aromatic heterocycles. The molecule has 1 aromatic carbocycles. The molecule has 104 valence electrons. The Bertz CT molecular complexity index is 668. The number of nitrogens with zero attached hydrogens (tertiary/aromatic N) is 1. The van der Waals surface area contributed by atoms with Crippen molar-refractivity contribution in [3.8, 4) is 0 Å². The molecule has 0 radical (unpaired) electrons. The minimum Gasteiger partial charge on any atom is -0.398 e. The summed E-state index contributed by atoms with van der Waals surface area (Å²) < 4.78 is 0.887. The minimum absolute atomic E-state index is 0.0133. The van der Waals surface area contributed by atoms with E-state index in [0.717, 1.165) is 17.4 Å². The van der Waals surface area contributed by atoms with Gasteiger partial charge in [0.25, 0.3) is 5.91 Å². The molecule has 2 heterocycles. The first-order valence-electron chi connectivity index (χ1n) is 6.50. The number of hydrogen-bond donors (Lipinski definition) is 1. The van der Waals surface area contributed by atoms with Gasteiger partial charge in [0.2, 0.25) is 0 Å². The second-order valence-corrected chi connectivity index (χ2v) is 6.87. The zero-order valence-corrected chi connectivity index (χ0v) is 13.5. The summed E-state index contributed by atoms with van der Waals surface area (Å²) in [6.07, 6.45) is 0.930. The van der Waals surface area contributed by atoms with Gasteiger partial charge in [-0.2, -0.15) is 0 Å². The molecule has 3 nitrogen and oxygen atoms in total. The van der Waals surface area contributed by atoms with Crippen LogP contribution in [0.2, 0.25) is 0 Å². The quantitative estimate of drug-likeness (QED) is 0.794. The fourth-order valence-electron chi connectivity index (χ4n) is 2.67. The average molecular weight is 351 g/mol. The molecule has 2 N–H and O–H groups in total. The largest absolute Gasteiger partial charge is 0.398 e. The average Bonchev–Trinajstić information content (AvgIpc) is 2.87. The number of thiophene rings is 1. The van der Waals surface area contributed by atoms with E-state index in [1.54, 1.807) is 23.5 Å². The van der Waals surface area contributed by atoms with Gasteiger partial charge in [0.15, 0.2) is 0 Å². The molecule has 20 heavy (non-hydrogen) atoms. The van der Waals surface area contributed by atoms with Gasteiger partial charge in [-0.05, 0) is 48.6 Å². The number of halogens is 1. The summed E-state index contributed by atoms with van der Waals surface area (Å²) in [6, 6.07) is 7.65. The number of hydrogen-bond acceptors (Lipinski definition) is 3. The predicted octanol–water partition coefficient (Wildman–Crippen LogP) is 3.85. The third kappa shape index (κ3) is 2.25. The highest BCUT2D eigenvalue weighted by molar-refractivity contribution is 9.10. The second kappa shape index (κ2) is 5.22. The van der Waals surface area contributed by atoms with Crippen molar-refractivity contribution in [1.82, 2.24) is 4.90 Å². The normalized spacial score (nSPS) is 17.9. The van der Waals surface area contributed by atoms with Crippen molar-refractivity contribution < 1.29 is 4.79 Å². The number of anilines is 1. The molecule has 1 amide bonds. The van der Waals surface area contributed by atoms with Crippen LogP contribution in [0.5, 0.6) is 0 Å². The van der Waals surface area contributed by atoms with Crippen LogP contribution in [-0.4, -0.2) is 17.4 Å². The SMILES string of the molecule is CC1c2ccsc2CCN1C(=O)c1ccc(Br)cc1N. The first kappa shape index (κ1) is 13.6. The molecule has 1 aliphatic rings. The molecule has 1 aliphatic heterocycles. The van der Waals surface area contributed by atoms with Gasteiger partial charge >= 0.3 is 0 Å². The van der Waals surface area contributed by atoms with Crippen molar-refractivity contribution in [2.75, 3.05) is 12.3 Å².